The summed E-state index contributed by atoms with van der Waals surface area (Å²) in [6.45, 7) is 7.36. The van der Waals surface area contributed by atoms with Crippen LogP contribution in [-0.4, -0.2) is 45.9 Å². The summed E-state index contributed by atoms with van der Waals surface area (Å²) in [4.78, 5) is 39.4. The largest absolute Gasteiger partial charge is 0.443 e. The van der Waals surface area contributed by atoms with Crippen molar-refractivity contribution >= 4 is 17.9 Å². The van der Waals surface area contributed by atoms with Crippen LogP contribution in [0.1, 0.15) is 40.5 Å². The van der Waals surface area contributed by atoms with Crippen molar-refractivity contribution in [1.29, 1.82) is 0 Å². The number of fused-ring (bicyclic) bond motifs is 1. The monoisotopic (exact) mass is 280 g/mol. The maximum atomic E-state index is 12.4. The SMILES string of the molecule is C/C=C1/C(=O)N2CCC[C@H]2C(=O)N1C(=O)OC(C)(C)C. The highest BCUT2D eigenvalue weighted by atomic mass is 16.6. The van der Waals surface area contributed by atoms with Crippen molar-refractivity contribution in [3.8, 4) is 0 Å². The molecule has 2 aliphatic heterocycles. The molecule has 2 aliphatic rings. The van der Waals surface area contributed by atoms with Gasteiger partial charge in [-0.05, 0) is 40.5 Å². The number of carbonyl (C=O) groups is 3. The van der Waals surface area contributed by atoms with Crippen molar-refractivity contribution < 1.29 is 19.1 Å². The van der Waals surface area contributed by atoms with Crippen LogP contribution in [0.3, 0.4) is 0 Å². The molecule has 6 nitrogen and oxygen atoms in total. The Labute approximate surface area is 118 Å². The van der Waals surface area contributed by atoms with Crippen molar-refractivity contribution in [2.45, 2.75) is 52.2 Å². The van der Waals surface area contributed by atoms with Crippen molar-refractivity contribution in [3.05, 3.63) is 11.8 Å². The normalized spacial score (nSPS) is 25.2. The van der Waals surface area contributed by atoms with E-state index in [1.165, 1.54) is 6.08 Å². The van der Waals surface area contributed by atoms with E-state index >= 15 is 0 Å². The molecule has 0 bridgehead atoms. The summed E-state index contributed by atoms with van der Waals surface area (Å²) in [5.74, 6) is -0.648. The van der Waals surface area contributed by atoms with E-state index < -0.39 is 17.7 Å². The zero-order valence-corrected chi connectivity index (χ0v) is 12.3. The average Bonchev–Trinajstić information content (AvgIpc) is 2.80. The zero-order chi connectivity index (χ0) is 15.1. The molecule has 0 spiro atoms. The number of piperazine rings is 1. The van der Waals surface area contributed by atoms with Crippen LogP contribution in [0.25, 0.3) is 0 Å². The molecule has 0 aromatic rings. The minimum atomic E-state index is -0.782. The van der Waals surface area contributed by atoms with Gasteiger partial charge in [-0.3, -0.25) is 9.59 Å². The molecule has 2 heterocycles. The van der Waals surface area contributed by atoms with E-state index in [0.29, 0.717) is 13.0 Å². The van der Waals surface area contributed by atoms with Crippen LogP contribution < -0.4 is 0 Å². The highest BCUT2D eigenvalue weighted by Gasteiger charge is 2.48. The molecular weight excluding hydrogens is 260 g/mol. The molecule has 0 unspecified atom stereocenters. The predicted octanol–water partition coefficient (Wildman–Crippen LogP) is 1.66. The second-order valence-corrected chi connectivity index (χ2v) is 5.98. The quantitative estimate of drug-likeness (QED) is 0.633. The molecule has 0 N–H and O–H groups in total. The fourth-order valence-corrected chi connectivity index (χ4v) is 2.53. The molecule has 2 fully saturated rings. The van der Waals surface area contributed by atoms with Gasteiger partial charge in [0.25, 0.3) is 11.8 Å². The number of amides is 3. The number of ether oxygens (including phenoxy) is 1. The minimum Gasteiger partial charge on any atom is -0.443 e. The highest BCUT2D eigenvalue weighted by Crippen LogP contribution is 2.29. The first-order chi connectivity index (χ1) is 9.26. The van der Waals surface area contributed by atoms with Crippen LogP contribution in [0.2, 0.25) is 0 Å². The number of imide groups is 1. The summed E-state index contributed by atoms with van der Waals surface area (Å²) >= 11 is 0. The first-order valence-electron chi connectivity index (χ1n) is 6.80. The molecule has 110 valence electrons. The van der Waals surface area contributed by atoms with Crippen LogP contribution in [0.4, 0.5) is 4.79 Å². The van der Waals surface area contributed by atoms with Gasteiger partial charge in [0.1, 0.15) is 17.3 Å². The van der Waals surface area contributed by atoms with Gasteiger partial charge in [0.2, 0.25) is 0 Å². The van der Waals surface area contributed by atoms with Gasteiger partial charge in [-0.1, -0.05) is 6.08 Å². The number of allylic oxidation sites excluding steroid dienone is 1. The average molecular weight is 280 g/mol. The molecule has 0 radical (unpaired) electrons. The second-order valence-electron chi connectivity index (χ2n) is 5.98. The van der Waals surface area contributed by atoms with E-state index in [-0.39, 0.29) is 17.5 Å². The fourth-order valence-electron chi connectivity index (χ4n) is 2.53. The number of hydrogen-bond donors (Lipinski definition) is 0. The summed E-state index contributed by atoms with van der Waals surface area (Å²) < 4.78 is 5.23. The lowest BCUT2D eigenvalue weighted by molar-refractivity contribution is -0.147. The fraction of sp³-hybridized carbons (Fsp3) is 0.643. The molecular formula is C14H20N2O4. The first-order valence-corrected chi connectivity index (χ1v) is 6.80. The Morgan fingerprint density at radius 2 is 2.00 bits per heavy atom. The highest BCUT2D eigenvalue weighted by molar-refractivity contribution is 6.11. The summed E-state index contributed by atoms with van der Waals surface area (Å²) in [6, 6.07) is -0.529. The van der Waals surface area contributed by atoms with Gasteiger partial charge < -0.3 is 9.64 Å². The van der Waals surface area contributed by atoms with E-state index in [4.69, 9.17) is 4.74 Å². The number of carbonyl (C=O) groups excluding carboxylic acids is 3. The van der Waals surface area contributed by atoms with Gasteiger partial charge in [-0.25, -0.2) is 9.69 Å². The number of hydrogen-bond acceptors (Lipinski definition) is 4. The standard InChI is InChI=1S/C14H20N2O4/c1-5-9-11(17)15-8-6-7-10(15)12(18)16(9)13(19)20-14(2,3)4/h5,10H,6-8H2,1-4H3/b9-5-/t10-/m0/s1. The number of nitrogens with zero attached hydrogens (tertiary/aromatic N) is 2. The Morgan fingerprint density at radius 3 is 2.55 bits per heavy atom. The minimum absolute atomic E-state index is 0.0856. The summed E-state index contributed by atoms with van der Waals surface area (Å²) in [7, 11) is 0. The second kappa shape index (κ2) is 4.92. The van der Waals surface area contributed by atoms with Gasteiger partial charge in [0.15, 0.2) is 0 Å². The summed E-state index contributed by atoms with van der Waals surface area (Å²) in [5, 5.41) is 0. The maximum Gasteiger partial charge on any atom is 0.421 e. The lowest BCUT2D eigenvalue weighted by atomic mass is 10.1. The lowest BCUT2D eigenvalue weighted by Gasteiger charge is -2.37. The third-order valence-corrected chi connectivity index (χ3v) is 3.33. The molecule has 2 rings (SSSR count). The predicted molar refractivity (Wildman–Crippen MR) is 71.6 cm³/mol. The van der Waals surface area contributed by atoms with E-state index in [1.807, 2.05) is 0 Å². The third kappa shape index (κ3) is 2.42. The molecule has 3 amide bonds. The number of rotatable bonds is 0. The van der Waals surface area contributed by atoms with Gasteiger partial charge in [-0.15, -0.1) is 0 Å². The molecule has 1 atom stereocenters. The van der Waals surface area contributed by atoms with Crippen molar-refractivity contribution in [2.75, 3.05) is 6.54 Å². The maximum absolute atomic E-state index is 12.4. The Hall–Kier alpha value is -1.85. The van der Waals surface area contributed by atoms with Crippen molar-refractivity contribution in [2.24, 2.45) is 0 Å². The van der Waals surface area contributed by atoms with Gasteiger partial charge in [0, 0.05) is 6.54 Å². The van der Waals surface area contributed by atoms with Crippen molar-refractivity contribution in [1.82, 2.24) is 9.80 Å². The smallest absolute Gasteiger partial charge is 0.421 e. The Bertz CT molecular complexity index is 490. The van der Waals surface area contributed by atoms with Crippen LogP contribution in [0, 0.1) is 0 Å². The Kier molecular flexibility index (Phi) is 3.58. The molecule has 0 aliphatic carbocycles. The van der Waals surface area contributed by atoms with Gasteiger partial charge in [0.05, 0.1) is 0 Å². The lowest BCUT2D eigenvalue weighted by Crippen LogP contribution is -2.58. The Morgan fingerprint density at radius 1 is 1.35 bits per heavy atom. The Balaban J connectivity index is 2.32. The van der Waals surface area contributed by atoms with E-state index in [2.05, 4.69) is 0 Å². The summed E-state index contributed by atoms with van der Waals surface area (Å²) in [6.07, 6.45) is 2.08. The zero-order valence-electron chi connectivity index (χ0n) is 12.3. The third-order valence-electron chi connectivity index (χ3n) is 3.33. The van der Waals surface area contributed by atoms with E-state index in [9.17, 15) is 14.4 Å². The molecule has 6 heteroatoms. The van der Waals surface area contributed by atoms with Crippen LogP contribution in [-0.2, 0) is 14.3 Å². The molecule has 20 heavy (non-hydrogen) atoms. The summed E-state index contributed by atoms with van der Waals surface area (Å²) in [5.41, 5.74) is -0.631. The van der Waals surface area contributed by atoms with E-state index in [1.54, 1.807) is 32.6 Å². The topological polar surface area (TPSA) is 66.9 Å². The van der Waals surface area contributed by atoms with Crippen molar-refractivity contribution in [3.63, 3.8) is 0 Å². The molecule has 0 aromatic heterocycles. The molecule has 2 saturated heterocycles. The molecule has 0 saturated carbocycles. The molecule has 0 aromatic carbocycles. The van der Waals surface area contributed by atoms with Crippen LogP contribution in [0.5, 0.6) is 0 Å². The van der Waals surface area contributed by atoms with Crippen LogP contribution >= 0.6 is 0 Å². The van der Waals surface area contributed by atoms with E-state index in [0.717, 1.165) is 11.3 Å². The first kappa shape index (κ1) is 14.6. The van der Waals surface area contributed by atoms with Crippen LogP contribution in [0.15, 0.2) is 11.8 Å². The van der Waals surface area contributed by atoms with Gasteiger partial charge >= 0.3 is 6.09 Å². The van der Waals surface area contributed by atoms with Gasteiger partial charge in [-0.2, -0.15) is 0 Å².